The van der Waals surface area contributed by atoms with Crippen molar-refractivity contribution in [2.75, 3.05) is 23.7 Å². The van der Waals surface area contributed by atoms with Crippen LogP contribution in [0.5, 0.6) is 0 Å². The van der Waals surface area contributed by atoms with E-state index < -0.39 is 0 Å². The predicted molar refractivity (Wildman–Crippen MR) is 134 cm³/mol. The van der Waals surface area contributed by atoms with Gasteiger partial charge < -0.3 is 15.5 Å². The van der Waals surface area contributed by atoms with Crippen LogP contribution >= 0.6 is 0 Å². The molecular formula is C28H31N3O2. The van der Waals surface area contributed by atoms with Gasteiger partial charge in [-0.25, -0.2) is 4.79 Å². The number of nitrogens with zero attached hydrogens (tertiary/aromatic N) is 1. The molecule has 3 aromatic rings. The summed E-state index contributed by atoms with van der Waals surface area (Å²) in [4.78, 5) is 28.1. The Bertz CT molecular complexity index is 1100. The van der Waals surface area contributed by atoms with E-state index in [2.05, 4.69) is 41.8 Å². The Balaban J connectivity index is 1.55. The number of carbonyl (C=O) groups excluding carboxylic acids is 2. The molecule has 0 saturated carbocycles. The molecule has 3 aromatic carbocycles. The highest BCUT2D eigenvalue weighted by molar-refractivity contribution is 5.94. The van der Waals surface area contributed by atoms with Crippen molar-refractivity contribution in [2.24, 2.45) is 5.92 Å². The second-order valence-corrected chi connectivity index (χ2v) is 8.73. The molecule has 0 bridgehead atoms. The van der Waals surface area contributed by atoms with Crippen LogP contribution in [0.1, 0.15) is 36.0 Å². The van der Waals surface area contributed by atoms with Crippen molar-refractivity contribution in [1.29, 1.82) is 0 Å². The molecule has 5 heteroatoms. The second kappa shape index (κ2) is 10.3. The number of carbonyl (C=O) groups is 2. The van der Waals surface area contributed by atoms with Crippen LogP contribution in [0.15, 0.2) is 78.9 Å². The second-order valence-electron chi connectivity index (χ2n) is 8.73. The van der Waals surface area contributed by atoms with E-state index in [0.717, 1.165) is 28.9 Å². The fourth-order valence-electron chi connectivity index (χ4n) is 4.40. The van der Waals surface area contributed by atoms with Gasteiger partial charge in [0.15, 0.2) is 0 Å². The molecule has 1 heterocycles. The van der Waals surface area contributed by atoms with Gasteiger partial charge in [0, 0.05) is 30.4 Å². The van der Waals surface area contributed by atoms with Gasteiger partial charge in [0.05, 0.1) is 5.92 Å². The zero-order valence-electron chi connectivity index (χ0n) is 19.3. The Morgan fingerprint density at radius 3 is 2.27 bits per heavy atom. The standard InChI is InChI=1S/C28H31N3O2/c1-3-21-13-15-22(16-14-21)23-17-24(27(32)29-25-10-5-4-6-11-25)19-31(18-23)28(33)30-26-12-8-7-9-20(26)2/h4-16,23-24H,3,17-19H2,1-2H3,(H,29,32)(H,30,33). The highest BCUT2D eigenvalue weighted by Crippen LogP contribution is 2.32. The number of rotatable bonds is 5. The number of anilines is 2. The van der Waals surface area contributed by atoms with Gasteiger partial charge in [0.25, 0.3) is 0 Å². The van der Waals surface area contributed by atoms with E-state index in [9.17, 15) is 9.59 Å². The van der Waals surface area contributed by atoms with Gasteiger partial charge in [-0.1, -0.05) is 67.6 Å². The molecule has 2 unspecified atom stereocenters. The van der Waals surface area contributed by atoms with Crippen LogP contribution in [0, 0.1) is 12.8 Å². The van der Waals surface area contributed by atoms with Crippen molar-refractivity contribution < 1.29 is 9.59 Å². The summed E-state index contributed by atoms with van der Waals surface area (Å²) in [5.74, 6) is -0.249. The number of amides is 3. The van der Waals surface area contributed by atoms with Gasteiger partial charge in [0.1, 0.15) is 0 Å². The van der Waals surface area contributed by atoms with Gasteiger partial charge in [0.2, 0.25) is 5.91 Å². The van der Waals surface area contributed by atoms with Crippen molar-refractivity contribution >= 4 is 23.3 Å². The molecule has 0 spiro atoms. The average Bonchev–Trinajstić information content (AvgIpc) is 2.85. The molecule has 33 heavy (non-hydrogen) atoms. The van der Waals surface area contributed by atoms with Gasteiger partial charge in [-0.05, 0) is 54.7 Å². The number of benzene rings is 3. The van der Waals surface area contributed by atoms with E-state index in [1.807, 2.05) is 61.5 Å². The lowest BCUT2D eigenvalue weighted by molar-refractivity contribution is -0.121. The van der Waals surface area contributed by atoms with Crippen LogP contribution in [-0.2, 0) is 11.2 Å². The normalized spacial score (nSPS) is 17.9. The van der Waals surface area contributed by atoms with Crippen molar-refractivity contribution in [2.45, 2.75) is 32.6 Å². The maximum absolute atomic E-state index is 13.2. The summed E-state index contributed by atoms with van der Waals surface area (Å²) in [6.07, 6.45) is 1.69. The van der Waals surface area contributed by atoms with Gasteiger partial charge in [-0.2, -0.15) is 0 Å². The number of hydrogen-bond donors (Lipinski definition) is 2. The molecule has 1 fully saturated rings. The van der Waals surface area contributed by atoms with Gasteiger partial charge >= 0.3 is 6.03 Å². The van der Waals surface area contributed by atoms with Crippen LogP contribution in [-0.4, -0.2) is 29.9 Å². The van der Waals surface area contributed by atoms with E-state index in [4.69, 9.17) is 0 Å². The molecule has 3 amide bonds. The van der Waals surface area contributed by atoms with E-state index in [1.165, 1.54) is 5.56 Å². The molecule has 1 aliphatic heterocycles. The van der Waals surface area contributed by atoms with E-state index in [0.29, 0.717) is 19.5 Å². The molecular weight excluding hydrogens is 410 g/mol. The van der Waals surface area contributed by atoms with Crippen LogP contribution in [0.3, 0.4) is 0 Å². The predicted octanol–water partition coefficient (Wildman–Crippen LogP) is 5.83. The van der Waals surface area contributed by atoms with Crippen LogP contribution in [0.25, 0.3) is 0 Å². The first-order valence-electron chi connectivity index (χ1n) is 11.6. The van der Waals surface area contributed by atoms with Gasteiger partial charge in [-0.3, -0.25) is 4.79 Å². The Morgan fingerprint density at radius 1 is 0.879 bits per heavy atom. The highest BCUT2D eigenvalue weighted by atomic mass is 16.2. The first-order valence-corrected chi connectivity index (χ1v) is 11.6. The maximum atomic E-state index is 13.2. The zero-order valence-corrected chi connectivity index (χ0v) is 19.3. The maximum Gasteiger partial charge on any atom is 0.321 e. The Labute approximate surface area is 195 Å². The molecule has 0 aliphatic carbocycles. The summed E-state index contributed by atoms with van der Waals surface area (Å²) >= 11 is 0. The summed E-state index contributed by atoms with van der Waals surface area (Å²) in [5, 5.41) is 6.06. The number of aryl methyl sites for hydroxylation is 2. The Hall–Kier alpha value is -3.60. The minimum atomic E-state index is -0.294. The lowest BCUT2D eigenvalue weighted by Crippen LogP contribution is -2.48. The number of likely N-dealkylation sites (tertiary alicyclic amines) is 1. The smallest absolute Gasteiger partial charge is 0.321 e. The van der Waals surface area contributed by atoms with Crippen LogP contribution < -0.4 is 10.6 Å². The summed E-state index contributed by atoms with van der Waals surface area (Å²) in [5.41, 5.74) is 5.02. The van der Waals surface area contributed by atoms with Gasteiger partial charge in [-0.15, -0.1) is 0 Å². The molecule has 1 saturated heterocycles. The third-order valence-electron chi connectivity index (χ3n) is 6.40. The quantitative estimate of drug-likeness (QED) is 0.523. The Kier molecular flexibility index (Phi) is 7.08. The summed E-state index contributed by atoms with van der Waals surface area (Å²) in [6.45, 7) is 5.08. The van der Waals surface area contributed by atoms with Crippen LogP contribution in [0.4, 0.5) is 16.2 Å². The summed E-state index contributed by atoms with van der Waals surface area (Å²) in [6, 6.07) is 25.6. The van der Waals surface area contributed by atoms with Crippen molar-refractivity contribution in [3.8, 4) is 0 Å². The van der Waals surface area contributed by atoms with Crippen molar-refractivity contribution in [3.05, 3.63) is 95.6 Å². The number of nitrogens with one attached hydrogen (secondary N) is 2. The largest absolute Gasteiger partial charge is 0.326 e. The zero-order chi connectivity index (χ0) is 23.2. The molecule has 170 valence electrons. The van der Waals surface area contributed by atoms with E-state index in [-0.39, 0.29) is 23.8 Å². The SMILES string of the molecule is CCc1ccc(C2CC(C(=O)Nc3ccccc3)CN(C(=O)Nc3ccccc3C)C2)cc1. The lowest BCUT2D eigenvalue weighted by atomic mass is 9.83. The summed E-state index contributed by atoms with van der Waals surface area (Å²) in [7, 11) is 0. The molecule has 2 N–H and O–H groups in total. The monoisotopic (exact) mass is 441 g/mol. The minimum Gasteiger partial charge on any atom is -0.326 e. The fourth-order valence-corrected chi connectivity index (χ4v) is 4.40. The highest BCUT2D eigenvalue weighted by Gasteiger charge is 2.34. The molecule has 1 aliphatic rings. The fraction of sp³-hybridized carbons (Fsp3) is 0.286. The van der Waals surface area contributed by atoms with Crippen LogP contribution in [0.2, 0.25) is 0 Å². The third-order valence-corrected chi connectivity index (χ3v) is 6.40. The number of urea groups is 1. The minimum absolute atomic E-state index is 0.0511. The molecule has 4 rings (SSSR count). The molecule has 2 atom stereocenters. The first kappa shape index (κ1) is 22.6. The average molecular weight is 442 g/mol. The third kappa shape index (κ3) is 5.61. The van der Waals surface area contributed by atoms with E-state index >= 15 is 0 Å². The molecule has 0 radical (unpaired) electrons. The van der Waals surface area contributed by atoms with Crippen molar-refractivity contribution in [1.82, 2.24) is 4.90 Å². The first-order chi connectivity index (χ1) is 16.0. The van der Waals surface area contributed by atoms with E-state index in [1.54, 1.807) is 4.90 Å². The lowest BCUT2D eigenvalue weighted by Gasteiger charge is -2.37. The van der Waals surface area contributed by atoms with Crippen molar-refractivity contribution in [3.63, 3.8) is 0 Å². The number of piperidine rings is 1. The number of para-hydroxylation sites is 2. The topological polar surface area (TPSA) is 61.4 Å². The molecule has 0 aromatic heterocycles. The molecule has 5 nitrogen and oxygen atoms in total. The number of hydrogen-bond acceptors (Lipinski definition) is 2. The Morgan fingerprint density at radius 2 is 1.58 bits per heavy atom. The summed E-state index contributed by atoms with van der Waals surface area (Å²) < 4.78 is 0.